The molecule has 0 aliphatic heterocycles. The second-order valence-electron chi connectivity index (χ2n) is 6.69. The molecule has 2 aromatic heterocycles. The minimum atomic E-state index is -0.571. The Hall–Kier alpha value is -3.19. The van der Waals surface area contributed by atoms with Gasteiger partial charge in [0.25, 0.3) is 11.5 Å². The van der Waals surface area contributed by atoms with Crippen molar-refractivity contribution in [2.45, 2.75) is 20.1 Å². The number of benzene rings is 1. The quantitative estimate of drug-likeness (QED) is 0.376. The standard InChI is InChI=1S/C22H18BrClN4O4/c1-13-21(23)18(12-31-2)17(9-25)22(30)28(13)11-20(29)27-26-10-16-7-8-19(32-16)14-3-5-15(24)6-4-14/h3-8,10H,11-12H2,1-2H3,(H,27,29)/b26-10+. The molecule has 164 valence electrons. The molecule has 3 aromatic rings. The summed E-state index contributed by atoms with van der Waals surface area (Å²) in [6, 6.07) is 12.5. The predicted molar refractivity (Wildman–Crippen MR) is 123 cm³/mol. The van der Waals surface area contributed by atoms with Gasteiger partial charge in [0.15, 0.2) is 0 Å². The van der Waals surface area contributed by atoms with Crippen LogP contribution in [0.5, 0.6) is 0 Å². The van der Waals surface area contributed by atoms with Crippen molar-refractivity contribution in [1.82, 2.24) is 9.99 Å². The fourth-order valence-corrected chi connectivity index (χ4v) is 3.64. The summed E-state index contributed by atoms with van der Waals surface area (Å²) in [5, 5.41) is 13.9. The Labute approximate surface area is 197 Å². The summed E-state index contributed by atoms with van der Waals surface area (Å²) in [5.41, 5.74) is 3.50. The monoisotopic (exact) mass is 516 g/mol. The van der Waals surface area contributed by atoms with Crippen LogP contribution in [0.15, 0.2) is 55.2 Å². The summed E-state index contributed by atoms with van der Waals surface area (Å²) < 4.78 is 12.5. The van der Waals surface area contributed by atoms with E-state index in [0.29, 0.717) is 32.3 Å². The topological polar surface area (TPSA) is 110 Å². The van der Waals surface area contributed by atoms with Crippen LogP contribution in [0.3, 0.4) is 0 Å². The van der Waals surface area contributed by atoms with Gasteiger partial charge in [-0.1, -0.05) is 11.6 Å². The van der Waals surface area contributed by atoms with Crippen molar-refractivity contribution < 1.29 is 13.9 Å². The van der Waals surface area contributed by atoms with Crippen LogP contribution in [-0.4, -0.2) is 23.8 Å². The average molecular weight is 518 g/mol. The maximum atomic E-state index is 12.7. The molecular formula is C22H18BrClN4O4. The van der Waals surface area contributed by atoms with Crippen LogP contribution in [0.2, 0.25) is 5.02 Å². The zero-order valence-electron chi connectivity index (χ0n) is 17.2. The minimum absolute atomic E-state index is 0.0778. The van der Waals surface area contributed by atoms with Crippen LogP contribution in [-0.2, 0) is 22.7 Å². The van der Waals surface area contributed by atoms with Crippen LogP contribution >= 0.6 is 27.5 Å². The highest BCUT2D eigenvalue weighted by Gasteiger charge is 2.19. The van der Waals surface area contributed by atoms with E-state index in [4.69, 9.17) is 20.8 Å². The number of nitrogens with zero attached hydrogens (tertiary/aromatic N) is 3. The van der Waals surface area contributed by atoms with Crippen LogP contribution in [0.4, 0.5) is 0 Å². The molecule has 0 fully saturated rings. The highest BCUT2D eigenvalue weighted by Crippen LogP contribution is 2.24. The van der Waals surface area contributed by atoms with Gasteiger partial charge < -0.3 is 13.7 Å². The molecule has 0 aliphatic carbocycles. The van der Waals surface area contributed by atoms with Gasteiger partial charge >= 0.3 is 0 Å². The number of hydrogen-bond donors (Lipinski definition) is 1. The number of nitriles is 1. The van der Waals surface area contributed by atoms with E-state index < -0.39 is 11.5 Å². The smallest absolute Gasteiger partial charge is 0.269 e. The maximum absolute atomic E-state index is 12.7. The van der Waals surface area contributed by atoms with Gasteiger partial charge in [-0.3, -0.25) is 9.59 Å². The van der Waals surface area contributed by atoms with E-state index in [2.05, 4.69) is 26.5 Å². The minimum Gasteiger partial charge on any atom is -0.455 e. The lowest BCUT2D eigenvalue weighted by atomic mass is 10.1. The summed E-state index contributed by atoms with van der Waals surface area (Å²) in [5.74, 6) is 0.523. The van der Waals surface area contributed by atoms with E-state index in [1.165, 1.54) is 17.9 Å². The number of ether oxygens (including phenoxy) is 1. The molecule has 0 bridgehead atoms. The van der Waals surface area contributed by atoms with E-state index in [9.17, 15) is 14.9 Å². The Morgan fingerprint density at radius 1 is 1.34 bits per heavy atom. The molecule has 0 spiro atoms. The van der Waals surface area contributed by atoms with Gasteiger partial charge in [-0.2, -0.15) is 10.4 Å². The molecule has 2 heterocycles. The fraction of sp³-hybridized carbons (Fsp3) is 0.182. The van der Waals surface area contributed by atoms with Crippen LogP contribution in [0.25, 0.3) is 11.3 Å². The number of nitrogens with one attached hydrogen (secondary N) is 1. The van der Waals surface area contributed by atoms with Gasteiger partial charge in [0.1, 0.15) is 29.7 Å². The number of hydrazone groups is 1. The summed E-state index contributed by atoms with van der Waals surface area (Å²) in [7, 11) is 1.47. The molecule has 0 saturated carbocycles. The van der Waals surface area contributed by atoms with Gasteiger partial charge in [-0.15, -0.1) is 0 Å². The van der Waals surface area contributed by atoms with Gasteiger partial charge in [-0.25, -0.2) is 5.43 Å². The van der Waals surface area contributed by atoms with Crippen LogP contribution in [0, 0.1) is 18.3 Å². The average Bonchev–Trinajstić information content (AvgIpc) is 3.24. The Kier molecular flexibility index (Phi) is 7.64. The van der Waals surface area contributed by atoms with Gasteiger partial charge in [0.2, 0.25) is 0 Å². The summed E-state index contributed by atoms with van der Waals surface area (Å²) in [6.45, 7) is 1.46. The largest absolute Gasteiger partial charge is 0.455 e. The molecule has 1 N–H and O–H groups in total. The number of carbonyl (C=O) groups is 1. The Morgan fingerprint density at radius 3 is 2.72 bits per heavy atom. The third kappa shape index (κ3) is 5.16. The maximum Gasteiger partial charge on any atom is 0.269 e. The lowest BCUT2D eigenvalue weighted by Gasteiger charge is -2.15. The Balaban J connectivity index is 1.71. The molecule has 0 unspecified atom stereocenters. The van der Waals surface area contributed by atoms with E-state index in [1.54, 1.807) is 31.2 Å². The summed E-state index contributed by atoms with van der Waals surface area (Å²) in [6.07, 6.45) is 1.35. The lowest BCUT2D eigenvalue weighted by Crippen LogP contribution is -2.33. The van der Waals surface area contributed by atoms with Crippen molar-refractivity contribution in [2.75, 3.05) is 7.11 Å². The van der Waals surface area contributed by atoms with Gasteiger partial charge in [-0.05, 0) is 59.3 Å². The molecule has 3 rings (SSSR count). The first-order chi connectivity index (χ1) is 15.3. The number of methoxy groups -OCH3 is 1. The SMILES string of the molecule is COCc1c(Br)c(C)n(CC(=O)N/N=C/c2ccc(-c3ccc(Cl)cc3)o2)c(=O)c1C#N. The number of carbonyl (C=O) groups excluding carboxylic acids is 1. The summed E-state index contributed by atoms with van der Waals surface area (Å²) in [4.78, 5) is 25.0. The first-order valence-corrected chi connectivity index (χ1v) is 10.5. The second-order valence-corrected chi connectivity index (χ2v) is 7.92. The van der Waals surface area contributed by atoms with Crippen molar-refractivity contribution in [3.8, 4) is 17.4 Å². The highest BCUT2D eigenvalue weighted by molar-refractivity contribution is 9.10. The number of pyridine rings is 1. The van der Waals surface area contributed by atoms with Crippen molar-refractivity contribution in [2.24, 2.45) is 5.10 Å². The number of hydrogen-bond acceptors (Lipinski definition) is 6. The summed E-state index contributed by atoms with van der Waals surface area (Å²) >= 11 is 9.27. The van der Waals surface area contributed by atoms with Gasteiger partial charge in [0.05, 0.1) is 12.8 Å². The van der Waals surface area contributed by atoms with Crippen LogP contribution in [0.1, 0.15) is 22.6 Å². The van der Waals surface area contributed by atoms with E-state index in [1.807, 2.05) is 18.2 Å². The normalized spacial score (nSPS) is 11.0. The molecular weight excluding hydrogens is 500 g/mol. The molecule has 0 radical (unpaired) electrons. The molecule has 10 heteroatoms. The third-order valence-corrected chi connectivity index (χ3v) is 5.89. The number of amides is 1. The zero-order valence-corrected chi connectivity index (χ0v) is 19.5. The van der Waals surface area contributed by atoms with E-state index >= 15 is 0 Å². The Morgan fingerprint density at radius 2 is 2.06 bits per heavy atom. The molecule has 1 amide bonds. The van der Waals surface area contributed by atoms with E-state index in [-0.39, 0.29) is 18.7 Å². The van der Waals surface area contributed by atoms with Crippen molar-refractivity contribution in [3.05, 3.63) is 78.8 Å². The predicted octanol–water partition coefficient (Wildman–Crippen LogP) is 4.00. The number of aromatic nitrogens is 1. The molecule has 0 aliphatic rings. The molecule has 8 nitrogen and oxygen atoms in total. The lowest BCUT2D eigenvalue weighted by molar-refractivity contribution is -0.121. The van der Waals surface area contributed by atoms with Crippen molar-refractivity contribution in [1.29, 1.82) is 5.26 Å². The first kappa shape index (κ1) is 23.5. The third-order valence-electron chi connectivity index (χ3n) is 4.59. The van der Waals surface area contributed by atoms with E-state index in [0.717, 1.165) is 5.56 Å². The highest BCUT2D eigenvalue weighted by atomic mass is 79.9. The number of halogens is 2. The Bertz CT molecular complexity index is 1270. The fourth-order valence-electron chi connectivity index (χ4n) is 2.99. The number of rotatable bonds is 7. The first-order valence-electron chi connectivity index (χ1n) is 9.34. The zero-order chi connectivity index (χ0) is 23.3. The molecule has 32 heavy (non-hydrogen) atoms. The van der Waals surface area contributed by atoms with Crippen molar-refractivity contribution in [3.63, 3.8) is 0 Å². The van der Waals surface area contributed by atoms with Crippen LogP contribution < -0.4 is 11.0 Å². The molecule has 0 atom stereocenters. The number of furan rings is 1. The van der Waals surface area contributed by atoms with Gasteiger partial charge in [0, 0.05) is 33.4 Å². The van der Waals surface area contributed by atoms with Crippen molar-refractivity contribution >= 4 is 39.7 Å². The second kappa shape index (κ2) is 10.4. The molecule has 1 aromatic carbocycles. The molecule has 0 saturated heterocycles.